The van der Waals surface area contributed by atoms with Crippen LogP contribution in [0.1, 0.15) is 0 Å². The minimum Gasteiger partial charge on any atom is -0.398 e. The van der Waals surface area contributed by atoms with Crippen molar-refractivity contribution in [2.45, 2.75) is 0 Å². The fourth-order valence-corrected chi connectivity index (χ4v) is 3.89. The van der Waals surface area contributed by atoms with E-state index in [0.717, 1.165) is 69.5 Å². The number of nitrogens with two attached hydrogens (primary N) is 2. The molecule has 3 aromatic carbocycles. The molecule has 6 heteroatoms. The van der Waals surface area contributed by atoms with Crippen molar-refractivity contribution in [3.05, 3.63) is 34.7 Å². The van der Waals surface area contributed by atoms with Gasteiger partial charge in [-0.15, -0.1) is 0 Å². The highest BCUT2D eigenvalue weighted by atomic mass is 15.1. The number of anilines is 4. The SMILES string of the molecule is C=c1c2c(N)ccc(NCCN(C)C)c2c(=C)c2c(N)ccc(NCCN(C)C)c12. The maximum atomic E-state index is 6.43. The summed E-state index contributed by atoms with van der Waals surface area (Å²) in [4.78, 5) is 4.28. The van der Waals surface area contributed by atoms with Crippen LogP contribution in [-0.4, -0.2) is 64.2 Å². The second kappa shape index (κ2) is 8.81. The number of hydrogen-bond donors (Lipinski definition) is 4. The average molecular weight is 407 g/mol. The molecule has 0 saturated heterocycles. The van der Waals surface area contributed by atoms with E-state index in [9.17, 15) is 0 Å². The van der Waals surface area contributed by atoms with Crippen molar-refractivity contribution in [1.82, 2.24) is 9.80 Å². The molecule has 0 radical (unpaired) electrons. The van der Waals surface area contributed by atoms with Crippen molar-refractivity contribution in [2.75, 3.05) is 76.5 Å². The molecule has 3 aromatic rings. The second-order valence-electron chi connectivity index (χ2n) is 8.32. The van der Waals surface area contributed by atoms with Gasteiger partial charge >= 0.3 is 0 Å². The Labute approximate surface area is 178 Å². The predicted octanol–water partition coefficient (Wildman–Crippen LogP) is 1.92. The van der Waals surface area contributed by atoms with Gasteiger partial charge in [0.2, 0.25) is 0 Å². The van der Waals surface area contributed by atoms with E-state index in [1.54, 1.807) is 0 Å². The number of rotatable bonds is 8. The van der Waals surface area contributed by atoms with E-state index >= 15 is 0 Å². The molecule has 0 aliphatic heterocycles. The van der Waals surface area contributed by atoms with Crippen molar-refractivity contribution in [3.8, 4) is 0 Å². The zero-order chi connectivity index (χ0) is 22.0. The molecule has 160 valence electrons. The first-order valence-electron chi connectivity index (χ1n) is 10.2. The van der Waals surface area contributed by atoms with E-state index in [1.165, 1.54) is 0 Å². The molecule has 0 saturated carbocycles. The highest BCUT2D eigenvalue weighted by Gasteiger charge is 2.15. The van der Waals surface area contributed by atoms with Crippen LogP contribution >= 0.6 is 0 Å². The molecule has 0 atom stereocenters. The first-order valence-corrected chi connectivity index (χ1v) is 10.2. The van der Waals surface area contributed by atoms with Crippen LogP contribution < -0.4 is 32.5 Å². The third kappa shape index (κ3) is 4.15. The van der Waals surface area contributed by atoms with Gasteiger partial charge in [0.05, 0.1) is 0 Å². The lowest BCUT2D eigenvalue weighted by Gasteiger charge is -2.19. The molecular weight excluding hydrogens is 372 g/mol. The lowest BCUT2D eigenvalue weighted by atomic mass is 9.94. The summed E-state index contributed by atoms with van der Waals surface area (Å²) in [5.74, 6) is 0. The van der Waals surface area contributed by atoms with Crippen molar-refractivity contribution >= 4 is 57.5 Å². The molecule has 0 fully saturated rings. The summed E-state index contributed by atoms with van der Waals surface area (Å²) < 4.78 is 0. The van der Waals surface area contributed by atoms with E-state index in [-0.39, 0.29) is 0 Å². The highest BCUT2D eigenvalue weighted by Crippen LogP contribution is 2.30. The predicted molar refractivity (Wildman–Crippen MR) is 135 cm³/mol. The zero-order valence-corrected chi connectivity index (χ0v) is 18.6. The van der Waals surface area contributed by atoms with Crippen molar-refractivity contribution in [2.24, 2.45) is 0 Å². The molecule has 3 rings (SSSR count). The molecule has 30 heavy (non-hydrogen) atoms. The minimum absolute atomic E-state index is 0.696. The molecular formula is C24H34N6. The number of nitrogens with one attached hydrogen (secondary N) is 2. The van der Waals surface area contributed by atoms with Crippen LogP contribution in [0.25, 0.3) is 34.7 Å². The molecule has 6 N–H and O–H groups in total. The van der Waals surface area contributed by atoms with Crippen LogP contribution in [0.4, 0.5) is 22.7 Å². The second-order valence-corrected chi connectivity index (χ2v) is 8.32. The third-order valence-corrected chi connectivity index (χ3v) is 5.43. The largest absolute Gasteiger partial charge is 0.398 e. The normalized spacial score (nSPS) is 11.7. The molecule has 6 nitrogen and oxygen atoms in total. The summed E-state index contributed by atoms with van der Waals surface area (Å²) in [6.07, 6.45) is 0. The number of nitrogens with zero attached hydrogens (tertiary/aromatic N) is 2. The van der Waals surface area contributed by atoms with Crippen molar-refractivity contribution in [1.29, 1.82) is 0 Å². The van der Waals surface area contributed by atoms with Gasteiger partial charge in [-0.05, 0) is 62.9 Å². The summed E-state index contributed by atoms with van der Waals surface area (Å²) in [6.45, 7) is 12.3. The summed E-state index contributed by atoms with van der Waals surface area (Å²) in [5.41, 5.74) is 16.3. The Morgan fingerprint density at radius 3 is 1.37 bits per heavy atom. The molecule has 0 aliphatic carbocycles. The Kier molecular flexibility index (Phi) is 6.39. The molecule has 0 heterocycles. The Bertz CT molecular complexity index is 1070. The van der Waals surface area contributed by atoms with Crippen LogP contribution in [0.15, 0.2) is 24.3 Å². The monoisotopic (exact) mass is 406 g/mol. The van der Waals surface area contributed by atoms with Crippen LogP contribution in [0, 0.1) is 0 Å². The van der Waals surface area contributed by atoms with E-state index in [0.29, 0.717) is 11.4 Å². The summed E-state index contributed by atoms with van der Waals surface area (Å²) in [7, 11) is 8.23. The topological polar surface area (TPSA) is 82.6 Å². The average Bonchev–Trinajstić information content (AvgIpc) is 2.67. The van der Waals surface area contributed by atoms with Gasteiger partial charge in [0.1, 0.15) is 0 Å². The highest BCUT2D eigenvalue weighted by molar-refractivity contribution is 6.14. The number of likely N-dealkylation sites (N-methyl/N-ethyl adjacent to an activating group) is 2. The smallest absolute Gasteiger partial charge is 0.0428 e. The quantitative estimate of drug-likeness (QED) is 0.338. The van der Waals surface area contributed by atoms with E-state index in [1.807, 2.05) is 24.3 Å². The first-order chi connectivity index (χ1) is 14.2. The summed E-state index contributed by atoms with van der Waals surface area (Å²) in [5, 5.41) is 12.7. The van der Waals surface area contributed by atoms with Crippen LogP contribution in [0.2, 0.25) is 0 Å². The minimum atomic E-state index is 0.696. The van der Waals surface area contributed by atoms with Crippen LogP contribution in [0.3, 0.4) is 0 Å². The van der Waals surface area contributed by atoms with Crippen LogP contribution in [0.5, 0.6) is 0 Å². The molecule has 0 bridgehead atoms. The van der Waals surface area contributed by atoms with Gasteiger partial charge in [0.15, 0.2) is 0 Å². The van der Waals surface area contributed by atoms with Gasteiger partial charge in [0.25, 0.3) is 0 Å². The molecule has 0 unspecified atom stereocenters. The lowest BCUT2D eigenvalue weighted by Crippen LogP contribution is -2.23. The van der Waals surface area contributed by atoms with E-state index in [2.05, 4.69) is 61.8 Å². The fraction of sp³-hybridized carbons (Fsp3) is 0.333. The van der Waals surface area contributed by atoms with Crippen molar-refractivity contribution < 1.29 is 0 Å². The van der Waals surface area contributed by atoms with E-state index in [4.69, 9.17) is 11.5 Å². The van der Waals surface area contributed by atoms with E-state index < -0.39 is 0 Å². The van der Waals surface area contributed by atoms with Gasteiger partial charge in [-0.3, -0.25) is 0 Å². The maximum absolute atomic E-state index is 6.43. The Hall–Kier alpha value is -2.96. The van der Waals surface area contributed by atoms with Gasteiger partial charge in [-0.2, -0.15) is 0 Å². The Balaban J connectivity index is 2.25. The maximum Gasteiger partial charge on any atom is 0.0428 e. The number of fused-ring (bicyclic) bond motifs is 2. The number of benzene rings is 3. The van der Waals surface area contributed by atoms with Crippen LogP contribution in [-0.2, 0) is 0 Å². The van der Waals surface area contributed by atoms with Gasteiger partial charge in [-0.1, -0.05) is 13.2 Å². The molecule has 0 aliphatic rings. The standard InChI is InChI=1S/C24H34N6/c1-15-21-17(25)7-10-20(28-12-14-30(5)6)24(21)16(2)22-18(26)8-9-19(23(15)22)27-11-13-29(3)4/h7-10,27-28H,1-2,11-14,25-26H2,3-6H3. The molecule has 0 aromatic heterocycles. The van der Waals surface area contributed by atoms with Gasteiger partial charge in [-0.25, -0.2) is 0 Å². The molecule has 0 spiro atoms. The Morgan fingerprint density at radius 2 is 1.03 bits per heavy atom. The van der Waals surface area contributed by atoms with Gasteiger partial charge < -0.3 is 31.9 Å². The zero-order valence-electron chi connectivity index (χ0n) is 18.6. The summed E-state index contributed by atoms with van der Waals surface area (Å²) >= 11 is 0. The Morgan fingerprint density at radius 1 is 0.667 bits per heavy atom. The first kappa shape index (κ1) is 21.7. The fourth-order valence-electron chi connectivity index (χ4n) is 3.89. The number of hydrogen-bond acceptors (Lipinski definition) is 6. The van der Waals surface area contributed by atoms with Gasteiger partial charge in [0, 0.05) is 70.5 Å². The van der Waals surface area contributed by atoms with Crippen molar-refractivity contribution in [3.63, 3.8) is 0 Å². The number of nitrogen functional groups attached to an aromatic ring is 2. The third-order valence-electron chi connectivity index (χ3n) is 5.43. The molecule has 0 amide bonds. The lowest BCUT2D eigenvalue weighted by molar-refractivity contribution is 0.425. The summed E-state index contributed by atoms with van der Waals surface area (Å²) in [6, 6.07) is 7.91.